The summed E-state index contributed by atoms with van der Waals surface area (Å²) in [5.74, 6) is 0.569. The van der Waals surface area contributed by atoms with E-state index in [9.17, 15) is 4.79 Å². The Morgan fingerprint density at radius 2 is 2.22 bits per heavy atom. The first-order valence-corrected chi connectivity index (χ1v) is 7.76. The second-order valence-electron chi connectivity index (χ2n) is 5.77. The van der Waals surface area contributed by atoms with Crippen molar-refractivity contribution in [3.8, 4) is 11.4 Å². The van der Waals surface area contributed by atoms with E-state index in [0.29, 0.717) is 18.0 Å². The fraction of sp³-hybridized carbons (Fsp3) is 0.412. The molecular formula is C17H21N3O3. The van der Waals surface area contributed by atoms with Gasteiger partial charge in [0, 0.05) is 18.8 Å². The molecule has 1 aromatic heterocycles. The van der Waals surface area contributed by atoms with Gasteiger partial charge >= 0.3 is 0 Å². The molecule has 6 nitrogen and oxygen atoms in total. The van der Waals surface area contributed by atoms with Gasteiger partial charge in [-0.25, -0.2) is 4.68 Å². The molecular weight excluding hydrogens is 294 g/mol. The zero-order valence-corrected chi connectivity index (χ0v) is 13.4. The average molecular weight is 315 g/mol. The lowest BCUT2D eigenvalue weighted by Gasteiger charge is -2.19. The van der Waals surface area contributed by atoms with Crippen LogP contribution < -0.4 is 4.74 Å². The number of benzene rings is 1. The van der Waals surface area contributed by atoms with Crippen molar-refractivity contribution in [1.82, 2.24) is 14.7 Å². The minimum atomic E-state index is -0.132. The predicted molar refractivity (Wildman–Crippen MR) is 86.0 cm³/mol. The first kappa shape index (κ1) is 15.6. The van der Waals surface area contributed by atoms with Crippen LogP contribution in [-0.4, -0.2) is 52.0 Å². The number of carbonyl (C=O) groups is 1. The predicted octanol–water partition coefficient (Wildman–Crippen LogP) is 1.79. The highest BCUT2D eigenvalue weighted by Crippen LogP contribution is 2.28. The van der Waals surface area contributed by atoms with Crippen molar-refractivity contribution < 1.29 is 14.6 Å². The van der Waals surface area contributed by atoms with Gasteiger partial charge in [0.05, 0.1) is 13.7 Å². The SMILES string of the molecule is COc1ccc(C)cc1-n1ccc(C(=O)N(CCO)C2CC2)n1. The van der Waals surface area contributed by atoms with Gasteiger partial charge in [0.1, 0.15) is 11.4 Å². The van der Waals surface area contributed by atoms with E-state index in [1.165, 1.54) is 0 Å². The number of aryl methyl sites for hydroxylation is 1. The topological polar surface area (TPSA) is 67.6 Å². The van der Waals surface area contributed by atoms with Crippen molar-refractivity contribution in [3.05, 3.63) is 41.7 Å². The summed E-state index contributed by atoms with van der Waals surface area (Å²) >= 11 is 0. The van der Waals surface area contributed by atoms with Crippen LogP contribution in [0.2, 0.25) is 0 Å². The zero-order valence-electron chi connectivity index (χ0n) is 13.4. The lowest BCUT2D eigenvalue weighted by atomic mass is 10.2. The number of amides is 1. The van der Waals surface area contributed by atoms with Crippen molar-refractivity contribution in [2.45, 2.75) is 25.8 Å². The second kappa shape index (κ2) is 6.42. The number of hydrogen-bond acceptors (Lipinski definition) is 4. The Morgan fingerprint density at radius 1 is 1.43 bits per heavy atom. The molecule has 0 radical (unpaired) electrons. The Morgan fingerprint density at radius 3 is 2.87 bits per heavy atom. The molecule has 0 atom stereocenters. The van der Waals surface area contributed by atoms with Crippen LogP contribution in [0.15, 0.2) is 30.5 Å². The van der Waals surface area contributed by atoms with E-state index in [2.05, 4.69) is 5.10 Å². The molecule has 0 bridgehead atoms. The normalized spacial score (nSPS) is 13.9. The maximum atomic E-state index is 12.6. The van der Waals surface area contributed by atoms with Crippen LogP contribution >= 0.6 is 0 Å². The molecule has 1 N–H and O–H groups in total. The highest BCUT2D eigenvalue weighted by atomic mass is 16.5. The third kappa shape index (κ3) is 3.22. The van der Waals surface area contributed by atoms with Crippen LogP contribution in [0.25, 0.3) is 5.69 Å². The van der Waals surface area contributed by atoms with E-state index < -0.39 is 0 Å². The van der Waals surface area contributed by atoms with Gasteiger partial charge < -0.3 is 14.7 Å². The summed E-state index contributed by atoms with van der Waals surface area (Å²) in [4.78, 5) is 14.3. The molecule has 0 unspecified atom stereocenters. The number of aliphatic hydroxyl groups is 1. The Balaban J connectivity index is 1.88. The fourth-order valence-electron chi connectivity index (χ4n) is 2.64. The molecule has 6 heteroatoms. The van der Waals surface area contributed by atoms with Gasteiger partial charge in [-0.05, 0) is 43.5 Å². The summed E-state index contributed by atoms with van der Waals surface area (Å²) in [6.07, 6.45) is 3.75. The van der Waals surface area contributed by atoms with Gasteiger partial charge in [0.25, 0.3) is 5.91 Å². The maximum absolute atomic E-state index is 12.6. The third-order valence-electron chi connectivity index (χ3n) is 3.98. The highest BCUT2D eigenvalue weighted by Gasteiger charge is 2.33. The molecule has 1 aliphatic rings. The van der Waals surface area contributed by atoms with Gasteiger partial charge in [0.15, 0.2) is 5.69 Å². The minimum absolute atomic E-state index is 0.0331. The minimum Gasteiger partial charge on any atom is -0.494 e. The van der Waals surface area contributed by atoms with E-state index in [1.54, 1.807) is 29.0 Å². The summed E-state index contributed by atoms with van der Waals surface area (Å²) in [5.41, 5.74) is 2.27. The Labute approximate surface area is 135 Å². The Hall–Kier alpha value is -2.34. The number of ether oxygens (including phenoxy) is 1. The molecule has 1 heterocycles. The van der Waals surface area contributed by atoms with Crippen molar-refractivity contribution in [3.63, 3.8) is 0 Å². The van der Waals surface area contributed by atoms with Crippen LogP contribution in [0.1, 0.15) is 28.9 Å². The maximum Gasteiger partial charge on any atom is 0.274 e. The number of aromatic nitrogens is 2. The number of aliphatic hydroxyl groups excluding tert-OH is 1. The fourth-order valence-corrected chi connectivity index (χ4v) is 2.64. The van der Waals surface area contributed by atoms with Gasteiger partial charge in [-0.3, -0.25) is 4.79 Å². The van der Waals surface area contributed by atoms with E-state index >= 15 is 0 Å². The first-order chi connectivity index (χ1) is 11.1. The molecule has 23 heavy (non-hydrogen) atoms. The standard InChI is InChI=1S/C17H21N3O3/c1-12-3-6-16(23-2)15(11-12)20-8-7-14(18-20)17(22)19(9-10-21)13-4-5-13/h3,6-8,11,13,21H,4-5,9-10H2,1-2H3. The molecule has 1 aliphatic carbocycles. The summed E-state index contributed by atoms with van der Waals surface area (Å²) in [6.45, 7) is 2.31. The van der Waals surface area contributed by atoms with Crippen LogP contribution in [0.3, 0.4) is 0 Å². The molecule has 1 fully saturated rings. The van der Waals surface area contributed by atoms with Gasteiger partial charge in [0.2, 0.25) is 0 Å². The molecule has 2 aromatic rings. The van der Waals surface area contributed by atoms with Crippen LogP contribution in [-0.2, 0) is 0 Å². The number of rotatable bonds is 6. The average Bonchev–Trinajstić information content (AvgIpc) is 3.27. The van der Waals surface area contributed by atoms with Gasteiger partial charge in [-0.15, -0.1) is 0 Å². The van der Waals surface area contributed by atoms with Crippen molar-refractivity contribution in [2.24, 2.45) is 0 Å². The van der Waals surface area contributed by atoms with Crippen molar-refractivity contribution in [2.75, 3.05) is 20.3 Å². The molecule has 3 rings (SSSR count). The molecule has 0 aliphatic heterocycles. The summed E-state index contributed by atoms with van der Waals surface area (Å²) in [7, 11) is 1.61. The van der Waals surface area contributed by atoms with Crippen molar-refractivity contribution in [1.29, 1.82) is 0 Å². The van der Waals surface area contributed by atoms with E-state index in [4.69, 9.17) is 9.84 Å². The van der Waals surface area contributed by atoms with Gasteiger partial charge in [-0.1, -0.05) is 6.07 Å². The monoisotopic (exact) mass is 315 g/mol. The van der Waals surface area contributed by atoms with E-state index in [1.807, 2.05) is 25.1 Å². The summed E-state index contributed by atoms with van der Waals surface area (Å²) in [5, 5.41) is 13.6. The molecule has 1 aromatic carbocycles. The van der Waals surface area contributed by atoms with Crippen LogP contribution in [0.4, 0.5) is 0 Å². The lowest BCUT2D eigenvalue weighted by molar-refractivity contribution is 0.0701. The van der Waals surface area contributed by atoms with E-state index in [-0.39, 0.29) is 18.6 Å². The van der Waals surface area contributed by atoms with Gasteiger partial charge in [-0.2, -0.15) is 5.10 Å². The molecule has 0 saturated heterocycles. The third-order valence-corrected chi connectivity index (χ3v) is 3.98. The van der Waals surface area contributed by atoms with E-state index in [0.717, 1.165) is 24.1 Å². The lowest BCUT2D eigenvalue weighted by Crippen LogP contribution is -2.35. The summed E-state index contributed by atoms with van der Waals surface area (Å²) in [6, 6.07) is 7.77. The molecule has 122 valence electrons. The number of methoxy groups -OCH3 is 1. The number of hydrogen-bond donors (Lipinski definition) is 1. The second-order valence-corrected chi connectivity index (χ2v) is 5.77. The quantitative estimate of drug-likeness (QED) is 0.882. The van der Waals surface area contributed by atoms with Crippen LogP contribution in [0, 0.1) is 6.92 Å². The Bertz CT molecular complexity index is 707. The first-order valence-electron chi connectivity index (χ1n) is 7.76. The molecule has 0 spiro atoms. The highest BCUT2D eigenvalue weighted by molar-refractivity contribution is 5.92. The summed E-state index contributed by atoms with van der Waals surface area (Å²) < 4.78 is 7.03. The zero-order chi connectivity index (χ0) is 16.4. The van der Waals surface area contributed by atoms with Crippen LogP contribution in [0.5, 0.6) is 5.75 Å². The smallest absolute Gasteiger partial charge is 0.274 e. The Kier molecular flexibility index (Phi) is 4.34. The van der Waals surface area contributed by atoms with Crippen molar-refractivity contribution >= 4 is 5.91 Å². The number of carbonyl (C=O) groups excluding carboxylic acids is 1. The number of nitrogens with zero attached hydrogens (tertiary/aromatic N) is 3. The molecule has 1 saturated carbocycles. The molecule has 1 amide bonds. The largest absolute Gasteiger partial charge is 0.494 e.